The van der Waals surface area contributed by atoms with Crippen LogP contribution in [-0.2, 0) is 14.3 Å². The molecule has 2 aromatic rings. The standard InChI is InChI=1S/C23H22BrFN2O6S/c1-3-32-18-10-14(11-20-22(29)27(8-9-31-2)23(30)34-20)17(24)12-19(18)33-13-21(28)26-16-6-4-15(25)5-7-16/h4-7,10-12H,3,8-9,13H2,1-2H3,(H,26,28)/b20-11+. The van der Waals surface area contributed by atoms with Crippen LogP contribution in [0.15, 0.2) is 45.8 Å². The van der Waals surface area contributed by atoms with Crippen molar-refractivity contribution in [2.24, 2.45) is 0 Å². The number of carbonyl (C=O) groups excluding carboxylic acids is 3. The van der Waals surface area contributed by atoms with Gasteiger partial charge < -0.3 is 19.5 Å². The van der Waals surface area contributed by atoms with E-state index in [0.29, 0.717) is 33.8 Å². The molecule has 2 aromatic carbocycles. The van der Waals surface area contributed by atoms with Crippen LogP contribution >= 0.6 is 27.7 Å². The zero-order chi connectivity index (χ0) is 24.7. The molecule has 3 rings (SSSR count). The van der Waals surface area contributed by atoms with Crippen molar-refractivity contribution >= 4 is 56.5 Å². The van der Waals surface area contributed by atoms with Gasteiger partial charge in [0.2, 0.25) is 0 Å². The van der Waals surface area contributed by atoms with Gasteiger partial charge in [-0.3, -0.25) is 19.3 Å². The first-order chi connectivity index (χ1) is 16.3. The number of thioether (sulfide) groups is 1. The van der Waals surface area contributed by atoms with Gasteiger partial charge in [-0.25, -0.2) is 4.39 Å². The topological polar surface area (TPSA) is 94.2 Å². The maximum Gasteiger partial charge on any atom is 0.293 e. The van der Waals surface area contributed by atoms with Crippen LogP contribution in [0.4, 0.5) is 14.9 Å². The smallest absolute Gasteiger partial charge is 0.293 e. The van der Waals surface area contributed by atoms with Crippen LogP contribution in [0.25, 0.3) is 6.08 Å². The third kappa shape index (κ3) is 6.58. The van der Waals surface area contributed by atoms with E-state index in [9.17, 15) is 18.8 Å². The van der Waals surface area contributed by atoms with Crippen molar-refractivity contribution < 1.29 is 33.0 Å². The first-order valence-corrected chi connectivity index (χ1v) is 11.8. The van der Waals surface area contributed by atoms with Crippen molar-refractivity contribution in [2.45, 2.75) is 6.92 Å². The van der Waals surface area contributed by atoms with Crippen LogP contribution in [0.1, 0.15) is 12.5 Å². The first kappa shape index (κ1) is 25.7. The predicted molar refractivity (Wildman–Crippen MR) is 130 cm³/mol. The van der Waals surface area contributed by atoms with Crippen LogP contribution in [0.3, 0.4) is 0 Å². The van der Waals surface area contributed by atoms with Gasteiger partial charge in [-0.2, -0.15) is 0 Å². The zero-order valence-electron chi connectivity index (χ0n) is 18.4. The molecule has 3 amide bonds. The summed E-state index contributed by atoms with van der Waals surface area (Å²) in [7, 11) is 1.50. The molecule has 1 aliphatic rings. The molecule has 0 bridgehead atoms. The monoisotopic (exact) mass is 552 g/mol. The third-order valence-electron chi connectivity index (χ3n) is 4.53. The van der Waals surface area contributed by atoms with Crippen LogP contribution in [0, 0.1) is 5.82 Å². The molecule has 34 heavy (non-hydrogen) atoms. The van der Waals surface area contributed by atoms with Gasteiger partial charge >= 0.3 is 0 Å². The van der Waals surface area contributed by atoms with Crippen LogP contribution < -0.4 is 14.8 Å². The lowest BCUT2D eigenvalue weighted by atomic mass is 10.2. The van der Waals surface area contributed by atoms with Gasteiger partial charge in [0.05, 0.1) is 24.7 Å². The zero-order valence-corrected chi connectivity index (χ0v) is 20.8. The molecule has 0 spiro atoms. The molecule has 180 valence electrons. The summed E-state index contributed by atoms with van der Waals surface area (Å²) in [4.78, 5) is 38.4. The summed E-state index contributed by atoms with van der Waals surface area (Å²) in [6, 6.07) is 8.65. The van der Waals surface area contributed by atoms with Crippen LogP contribution in [-0.4, -0.2) is 55.4 Å². The Morgan fingerprint density at radius 2 is 1.88 bits per heavy atom. The largest absolute Gasteiger partial charge is 0.490 e. The number of hydrogen-bond donors (Lipinski definition) is 1. The molecule has 0 aliphatic carbocycles. The number of imide groups is 1. The number of nitrogens with one attached hydrogen (secondary N) is 1. The van der Waals surface area contributed by atoms with Crippen molar-refractivity contribution in [3.8, 4) is 11.5 Å². The number of nitrogens with zero attached hydrogens (tertiary/aromatic N) is 1. The number of hydrogen-bond acceptors (Lipinski definition) is 7. The molecular weight excluding hydrogens is 531 g/mol. The van der Waals surface area contributed by atoms with Crippen molar-refractivity contribution in [2.75, 3.05) is 38.8 Å². The fraction of sp³-hybridized carbons (Fsp3) is 0.261. The summed E-state index contributed by atoms with van der Waals surface area (Å²) in [6.07, 6.45) is 1.59. The minimum absolute atomic E-state index is 0.177. The minimum atomic E-state index is -0.431. The molecule has 11 heteroatoms. The number of halogens is 2. The molecular formula is C23H22BrFN2O6S. The fourth-order valence-electron chi connectivity index (χ4n) is 2.93. The maximum atomic E-state index is 13.0. The van der Waals surface area contributed by atoms with Crippen molar-refractivity contribution in [3.05, 3.63) is 57.2 Å². The molecule has 0 atom stereocenters. The predicted octanol–water partition coefficient (Wildman–Crippen LogP) is 4.69. The Labute approximate surface area is 208 Å². The fourth-order valence-corrected chi connectivity index (χ4v) is 4.23. The number of rotatable bonds is 10. The number of methoxy groups -OCH3 is 1. The Morgan fingerprint density at radius 1 is 1.18 bits per heavy atom. The molecule has 0 aromatic heterocycles. The average molecular weight is 553 g/mol. The molecule has 1 aliphatic heterocycles. The molecule has 0 saturated carbocycles. The number of ether oxygens (including phenoxy) is 3. The highest BCUT2D eigenvalue weighted by Crippen LogP contribution is 2.38. The van der Waals surface area contributed by atoms with E-state index >= 15 is 0 Å². The Balaban J connectivity index is 1.74. The summed E-state index contributed by atoms with van der Waals surface area (Å²) in [5.74, 6) is -0.549. The lowest BCUT2D eigenvalue weighted by molar-refractivity contribution is -0.123. The van der Waals surface area contributed by atoms with Gasteiger partial charge in [-0.1, -0.05) is 15.9 Å². The van der Waals surface area contributed by atoms with E-state index in [-0.39, 0.29) is 29.9 Å². The Bertz CT molecular complexity index is 1110. The molecule has 1 saturated heterocycles. The lowest BCUT2D eigenvalue weighted by Gasteiger charge is -2.14. The van der Waals surface area contributed by atoms with Gasteiger partial charge in [0.15, 0.2) is 18.1 Å². The summed E-state index contributed by atoms with van der Waals surface area (Å²) >= 11 is 4.29. The van der Waals surface area contributed by atoms with Gasteiger partial charge in [-0.15, -0.1) is 0 Å². The number of anilines is 1. The highest BCUT2D eigenvalue weighted by atomic mass is 79.9. The number of carbonyl (C=O) groups is 3. The highest BCUT2D eigenvalue weighted by Gasteiger charge is 2.34. The van der Waals surface area contributed by atoms with Gasteiger partial charge in [0.25, 0.3) is 17.1 Å². The Kier molecular flexibility index (Phi) is 9.08. The number of benzene rings is 2. The second kappa shape index (κ2) is 12.0. The van der Waals surface area contributed by atoms with Crippen LogP contribution in [0.2, 0.25) is 0 Å². The molecule has 1 fully saturated rings. The SMILES string of the molecule is CCOc1cc(/C=C2/SC(=O)N(CCOC)C2=O)c(Br)cc1OCC(=O)Nc1ccc(F)cc1. The van der Waals surface area contributed by atoms with E-state index in [1.807, 2.05) is 0 Å². The van der Waals surface area contributed by atoms with Crippen molar-refractivity contribution in [1.29, 1.82) is 0 Å². The van der Waals surface area contributed by atoms with E-state index in [2.05, 4.69) is 21.2 Å². The van der Waals surface area contributed by atoms with Crippen LogP contribution in [0.5, 0.6) is 11.5 Å². The van der Waals surface area contributed by atoms with Gasteiger partial charge in [0, 0.05) is 17.3 Å². The second-order valence-corrected chi connectivity index (χ2v) is 8.77. The van der Waals surface area contributed by atoms with Crippen molar-refractivity contribution in [1.82, 2.24) is 4.90 Å². The molecule has 0 radical (unpaired) electrons. The van der Waals surface area contributed by atoms with Gasteiger partial charge in [0.1, 0.15) is 5.82 Å². The van der Waals surface area contributed by atoms with E-state index in [0.717, 1.165) is 16.7 Å². The van der Waals surface area contributed by atoms with Crippen molar-refractivity contribution in [3.63, 3.8) is 0 Å². The van der Waals surface area contributed by atoms with E-state index < -0.39 is 17.6 Å². The van der Waals surface area contributed by atoms with Gasteiger partial charge in [-0.05, 0) is 66.7 Å². The third-order valence-corrected chi connectivity index (χ3v) is 6.12. The lowest BCUT2D eigenvalue weighted by Crippen LogP contribution is -2.31. The average Bonchev–Trinajstić information content (AvgIpc) is 3.07. The normalized spacial score (nSPS) is 14.6. The molecule has 0 unspecified atom stereocenters. The highest BCUT2D eigenvalue weighted by molar-refractivity contribution is 9.10. The molecule has 1 heterocycles. The summed E-state index contributed by atoms with van der Waals surface area (Å²) in [5.41, 5.74) is 1.04. The minimum Gasteiger partial charge on any atom is -0.490 e. The number of amides is 3. The Hall–Kier alpha value is -2.89. The first-order valence-electron chi connectivity index (χ1n) is 10.2. The summed E-state index contributed by atoms with van der Waals surface area (Å²) in [6.45, 7) is 2.27. The molecule has 8 nitrogen and oxygen atoms in total. The summed E-state index contributed by atoms with van der Waals surface area (Å²) in [5, 5.41) is 2.25. The summed E-state index contributed by atoms with van der Waals surface area (Å²) < 4.78 is 29.8. The van der Waals surface area contributed by atoms with E-state index in [4.69, 9.17) is 14.2 Å². The van der Waals surface area contributed by atoms with E-state index in [1.165, 1.54) is 31.4 Å². The second-order valence-electron chi connectivity index (χ2n) is 6.92. The van der Waals surface area contributed by atoms with E-state index in [1.54, 1.807) is 25.1 Å². The molecule has 1 N–H and O–H groups in total. The maximum absolute atomic E-state index is 13.0. The quantitative estimate of drug-likeness (QED) is 0.427. The Morgan fingerprint density at radius 3 is 2.56 bits per heavy atom.